The summed E-state index contributed by atoms with van der Waals surface area (Å²) in [5.74, 6) is -0.954. The van der Waals surface area contributed by atoms with Crippen LogP contribution in [-0.4, -0.2) is 48.3 Å². The molecule has 1 unspecified atom stereocenters. The van der Waals surface area contributed by atoms with Gasteiger partial charge in [-0.15, -0.1) is 0 Å². The average molecular weight is 528 g/mol. The number of cyclic esters (lactones) is 1. The minimum absolute atomic E-state index is 0.0518. The summed E-state index contributed by atoms with van der Waals surface area (Å²) in [5, 5.41) is 31.1. The second-order valence-corrected chi connectivity index (χ2v) is 8.07. The Morgan fingerprint density at radius 3 is 1.83 bits per heavy atom. The van der Waals surface area contributed by atoms with Crippen LogP contribution >= 0.6 is 7.82 Å². The van der Waals surface area contributed by atoms with Crippen molar-refractivity contribution in [3.05, 3.63) is 91.4 Å². The molecule has 3 rings (SSSR count). The molecule has 2 aromatic rings. The van der Waals surface area contributed by atoms with Gasteiger partial charge in [0.15, 0.2) is 11.9 Å². The van der Waals surface area contributed by atoms with E-state index < -0.39 is 29.7 Å². The van der Waals surface area contributed by atoms with Gasteiger partial charge in [-0.2, -0.15) is 0 Å². The normalized spacial score (nSPS) is 15.0. The number of benzene rings is 2. The fourth-order valence-electron chi connectivity index (χ4n) is 2.92. The molecule has 0 radical (unpaired) electrons. The summed E-state index contributed by atoms with van der Waals surface area (Å²) in [7, 11) is -4.64. The lowest BCUT2D eigenvalue weighted by molar-refractivity contribution is -0.385. The number of nitro benzene ring substituents is 2. The number of ether oxygens (including phenoxy) is 3. The van der Waals surface area contributed by atoms with E-state index in [4.69, 9.17) is 33.5 Å². The fourth-order valence-corrected chi connectivity index (χ4v) is 2.92. The molecule has 0 aliphatic carbocycles. The van der Waals surface area contributed by atoms with Crippen LogP contribution in [0.5, 0.6) is 0 Å². The molecule has 1 aliphatic rings. The lowest BCUT2D eigenvalue weighted by Crippen LogP contribution is -2.15. The van der Waals surface area contributed by atoms with Crippen molar-refractivity contribution in [2.24, 2.45) is 0 Å². The van der Waals surface area contributed by atoms with Crippen molar-refractivity contribution in [2.75, 3.05) is 6.61 Å². The number of esters is 1. The van der Waals surface area contributed by atoms with Crippen LogP contribution in [0.1, 0.15) is 17.5 Å². The smallest absolute Gasteiger partial charge is 0.466 e. The van der Waals surface area contributed by atoms with Crippen LogP contribution in [0.4, 0.5) is 11.4 Å². The third-order valence-electron chi connectivity index (χ3n) is 4.36. The Balaban J connectivity index is 0.000000830. The number of nitrogens with zero attached hydrogens (tertiary/aromatic N) is 2. The topological polar surface area (TPSA) is 229 Å². The van der Waals surface area contributed by atoms with Crippen molar-refractivity contribution in [2.45, 2.75) is 25.7 Å². The Kier molecular flexibility index (Phi) is 10.0. The number of hydrogen-bond acceptors (Lipinski definition) is 10. The van der Waals surface area contributed by atoms with Crippen LogP contribution in [0.2, 0.25) is 0 Å². The first kappa shape index (κ1) is 28.4. The van der Waals surface area contributed by atoms with E-state index in [-0.39, 0.29) is 49.1 Å². The van der Waals surface area contributed by atoms with Gasteiger partial charge in [-0.3, -0.25) is 20.2 Å². The third kappa shape index (κ3) is 9.05. The Morgan fingerprint density at radius 2 is 1.39 bits per heavy atom. The summed E-state index contributed by atoms with van der Waals surface area (Å²) in [5.41, 5.74) is 0.715. The molecule has 0 saturated carbocycles. The molecule has 1 atom stereocenters. The highest BCUT2D eigenvalue weighted by Gasteiger charge is 2.37. The van der Waals surface area contributed by atoms with Crippen LogP contribution < -0.4 is 0 Å². The highest BCUT2D eigenvalue weighted by Crippen LogP contribution is 2.29. The minimum atomic E-state index is -4.64. The van der Waals surface area contributed by atoms with Gasteiger partial charge in [-0.1, -0.05) is 24.3 Å². The zero-order chi connectivity index (χ0) is 26.9. The van der Waals surface area contributed by atoms with Gasteiger partial charge in [0.05, 0.1) is 9.85 Å². The number of carbonyl (C=O) groups excluding carboxylic acids is 1. The second kappa shape index (κ2) is 12.7. The van der Waals surface area contributed by atoms with Gasteiger partial charge >= 0.3 is 13.8 Å². The molecule has 2 aromatic carbocycles. The number of aliphatic hydroxyl groups excluding tert-OH is 1. The number of rotatable bonds is 10. The van der Waals surface area contributed by atoms with Gasteiger partial charge in [0.25, 0.3) is 11.4 Å². The highest BCUT2D eigenvalue weighted by atomic mass is 31.2. The molecule has 1 aliphatic heterocycles. The maximum absolute atomic E-state index is 12.3. The summed E-state index contributed by atoms with van der Waals surface area (Å²) in [6.45, 7) is -0.527. The molecule has 194 valence electrons. The Morgan fingerprint density at radius 1 is 0.917 bits per heavy atom. The van der Waals surface area contributed by atoms with E-state index in [1.165, 1.54) is 36.4 Å². The lowest BCUT2D eigenvalue weighted by Gasteiger charge is -2.14. The average Bonchev–Trinajstić information content (AvgIpc) is 3.09. The SMILES string of the molecule is O=C1OC(CCO)C(OCc2cccc([N+](=O)[O-])c2)=C1OCc1cccc([N+](=O)[O-])c1.O=P(O)(O)O. The summed E-state index contributed by atoms with van der Waals surface area (Å²) in [6, 6.07) is 11.5. The Hall–Kier alpha value is -3.88. The maximum atomic E-state index is 12.3. The molecule has 0 aromatic heterocycles. The number of nitro groups is 2. The molecule has 0 amide bonds. The van der Waals surface area contributed by atoms with E-state index in [1.807, 2.05) is 0 Å². The number of phosphoric acid groups is 1. The van der Waals surface area contributed by atoms with Crippen LogP contribution in [0.25, 0.3) is 0 Å². The fraction of sp³-hybridized carbons (Fsp3) is 0.250. The molecule has 0 spiro atoms. The monoisotopic (exact) mass is 528 g/mol. The van der Waals surface area contributed by atoms with Crippen LogP contribution in [0.15, 0.2) is 60.0 Å². The van der Waals surface area contributed by atoms with E-state index >= 15 is 0 Å². The van der Waals surface area contributed by atoms with E-state index in [0.29, 0.717) is 11.1 Å². The van der Waals surface area contributed by atoms with Gasteiger partial charge in [-0.05, 0) is 11.1 Å². The number of non-ortho nitro benzene ring substituents is 2. The summed E-state index contributed by atoms with van der Waals surface area (Å²) in [4.78, 5) is 54.6. The summed E-state index contributed by atoms with van der Waals surface area (Å²) < 4.78 is 25.3. The van der Waals surface area contributed by atoms with Gasteiger partial charge < -0.3 is 34.0 Å². The van der Waals surface area contributed by atoms with E-state index in [9.17, 15) is 30.1 Å². The van der Waals surface area contributed by atoms with Crippen molar-refractivity contribution >= 4 is 25.2 Å². The number of hydrogen-bond donors (Lipinski definition) is 4. The van der Waals surface area contributed by atoms with Crippen molar-refractivity contribution in [1.82, 2.24) is 0 Å². The summed E-state index contributed by atoms with van der Waals surface area (Å²) in [6.07, 6.45) is -0.809. The quantitative estimate of drug-likeness (QED) is 0.149. The Labute approximate surface area is 202 Å². The molecule has 36 heavy (non-hydrogen) atoms. The predicted molar refractivity (Wildman–Crippen MR) is 119 cm³/mol. The molecular weight excluding hydrogens is 507 g/mol. The standard InChI is InChI=1S/C20H18N2O9.H3O4P/c23-8-7-17-18(29-11-13-3-1-5-15(9-13)21(25)26)19(20(24)31-17)30-12-14-4-2-6-16(10-14)22(27)28;1-5(2,3)4/h1-6,9-10,17,23H,7-8,11-12H2;(H3,1,2,3,4). The Bertz CT molecular complexity index is 1190. The van der Waals surface area contributed by atoms with E-state index in [0.717, 1.165) is 0 Å². The zero-order valence-corrected chi connectivity index (χ0v) is 19.2. The van der Waals surface area contributed by atoms with Crippen LogP contribution in [0.3, 0.4) is 0 Å². The molecule has 1 heterocycles. The lowest BCUT2D eigenvalue weighted by atomic mass is 10.2. The summed E-state index contributed by atoms with van der Waals surface area (Å²) >= 11 is 0. The molecular formula is C20H21N2O13P. The van der Waals surface area contributed by atoms with Crippen molar-refractivity contribution in [3.8, 4) is 0 Å². The van der Waals surface area contributed by atoms with E-state index in [1.54, 1.807) is 12.1 Å². The zero-order valence-electron chi connectivity index (χ0n) is 18.3. The van der Waals surface area contributed by atoms with Gasteiger partial charge in [0.2, 0.25) is 5.76 Å². The first-order valence-corrected chi connectivity index (χ1v) is 11.5. The molecule has 16 heteroatoms. The minimum Gasteiger partial charge on any atom is -0.485 e. The molecule has 0 bridgehead atoms. The van der Waals surface area contributed by atoms with Gasteiger partial charge in [-0.25, -0.2) is 9.36 Å². The number of aliphatic hydroxyl groups is 1. The van der Waals surface area contributed by atoms with Crippen LogP contribution in [0, 0.1) is 20.2 Å². The van der Waals surface area contributed by atoms with Crippen molar-refractivity contribution in [1.29, 1.82) is 0 Å². The van der Waals surface area contributed by atoms with E-state index in [2.05, 4.69) is 0 Å². The largest absolute Gasteiger partial charge is 0.485 e. The number of carbonyl (C=O) groups is 1. The molecule has 0 fully saturated rings. The maximum Gasteiger partial charge on any atom is 0.466 e. The van der Waals surface area contributed by atoms with Gasteiger partial charge in [0, 0.05) is 37.3 Å². The predicted octanol–water partition coefficient (Wildman–Crippen LogP) is 1.83. The first-order valence-electron chi connectivity index (χ1n) is 9.95. The first-order chi connectivity index (χ1) is 16.9. The van der Waals surface area contributed by atoms with Crippen molar-refractivity contribution < 1.29 is 53.2 Å². The second-order valence-electron chi connectivity index (χ2n) is 7.04. The third-order valence-corrected chi connectivity index (χ3v) is 4.36. The van der Waals surface area contributed by atoms with Crippen molar-refractivity contribution in [3.63, 3.8) is 0 Å². The molecule has 15 nitrogen and oxygen atoms in total. The van der Waals surface area contributed by atoms with Crippen LogP contribution in [-0.2, 0) is 36.8 Å². The van der Waals surface area contributed by atoms with Gasteiger partial charge in [0.1, 0.15) is 13.2 Å². The molecule has 0 saturated heterocycles. The highest BCUT2D eigenvalue weighted by molar-refractivity contribution is 7.45. The molecule has 4 N–H and O–H groups in total.